The number of benzene rings is 1. The third-order valence-corrected chi connectivity index (χ3v) is 4.36. The van der Waals surface area contributed by atoms with E-state index in [4.69, 9.17) is 10.9 Å². The molecule has 1 fully saturated rings. The van der Waals surface area contributed by atoms with Gasteiger partial charge in [0.15, 0.2) is 5.84 Å². The van der Waals surface area contributed by atoms with Gasteiger partial charge >= 0.3 is 0 Å². The van der Waals surface area contributed by atoms with E-state index in [2.05, 4.69) is 17.4 Å². The highest BCUT2D eigenvalue weighted by Crippen LogP contribution is 2.27. The third-order valence-electron chi connectivity index (χ3n) is 4.36. The maximum Gasteiger partial charge on any atom is 0.170 e. The summed E-state index contributed by atoms with van der Waals surface area (Å²) in [7, 11) is 0. The van der Waals surface area contributed by atoms with E-state index >= 15 is 0 Å². The van der Waals surface area contributed by atoms with Gasteiger partial charge in [-0.2, -0.15) is 0 Å². The summed E-state index contributed by atoms with van der Waals surface area (Å²) in [6.07, 6.45) is 6.64. The molecular formula is C16H25N3O. The Morgan fingerprint density at radius 2 is 2.00 bits per heavy atom. The van der Waals surface area contributed by atoms with Gasteiger partial charge in [-0.3, -0.25) is 0 Å². The highest BCUT2D eigenvalue weighted by Gasteiger charge is 2.22. The first-order valence-corrected chi connectivity index (χ1v) is 7.54. The van der Waals surface area contributed by atoms with E-state index in [1.807, 2.05) is 24.3 Å². The second-order valence-corrected chi connectivity index (χ2v) is 5.62. The molecule has 1 aliphatic carbocycles. The van der Waals surface area contributed by atoms with Crippen LogP contribution >= 0.6 is 0 Å². The molecule has 0 amide bonds. The molecule has 0 radical (unpaired) electrons. The predicted octanol–water partition coefficient (Wildman–Crippen LogP) is 2.84. The fourth-order valence-corrected chi connectivity index (χ4v) is 3.07. The topological polar surface area (TPSA) is 70.6 Å². The summed E-state index contributed by atoms with van der Waals surface area (Å²) in [6, 6.07) is 8.50. The third kappa shape index (κ3) is 3.73. The SMILES string of the molecule is CCC1CCCCC1NCc1ccc(C(N)=NO)cc1. The van der Waals surface area contributed by atoms with Crippen LogP contribution in [0.4, 0.5) is 0 Å². The quantitative estimate of drug-likeness (QED) is 0.335. The van der Waals surface area contributed by atoms with Crippen LogP contribution < -0.4 is 11.1 Å². The lowest BCUT2D eigenvalue weighted by molar-refractivity contribution is 0.254. The molecular weight excluding hydrogens is 250 g/mol. The minimum Gasteiger partial charge on any atom is -0.409 e. The molecule has 0 saturated heterocycles. The number of rotatable bonds is 5. The van der Waals surface area contributed by atoms with Crippen molar-refractivity contribution in [3.8, 4) is 0 Å². The Bertz CT molecular complexity index is 442. The molecule has 2 rings (SSSR count). The van der Waals surface area contributed by atoms with Crippen molar-refractivity contribution in [3.63, 3.8) is 0 Å². The average Bonchev–Trinajstić information content (AvgIpc) is 2.53. The summed E-state index contributed by atoms with van der Waals surface area (Å²) in [4.78, 5) is 0. The summed E-state index contributed by atoms with van der Waals surface area (Å²) < 4.78 is 0. The molecule has 4 heteroatoms. The molecule has 0 bridgehead atoms. The lowest BCUT2D eigenvalue weighted by Gasteiger charge is -2.31. The van der Waals surface area contributed by atoms with E-state index < -0.39 is 0 Å². The van der Waals surface area contributed by atoms with E-state index in [0.29, 0.717) is 6.04 Å². The molecule has 110 valence electrons. The van der Waals surface area contributed by atoms with Crippen LogP contribution in [0, 0.1) is 5.92 Å². The van der Waals surface area contributed by atoms with Crippen LogP contribution in [-0.4, -0.2) is 17.1 Å². The molecule has 4 nitrogen and oxygen atoms in total. The van der Waals surface area contributed by atoms with E-state index in [-0.39, 0.29) is 5.84 Å². The Labute approximate surface area is 121 Å². The Hall–Kier alpha value is -1.55. The van der Waals surface area contributed by atoms with Gasteiger partial charge in [-0.05, 0) is 24.3 Å². The molecule has 0 heterocycles. The maximum atomic E-state index is 8.64. The van der Waals surface area contributed by atoms with Crippen LogP contribution in [0.3, 0.4) is 0 Å². The summed E-state index contributed by atoms with van der Waals surface area (Å²) in [6.45, 7) is 3.17. The van der Waals surface area contributed by atoms with Crippen molar-refractivity contribution in [3.05, 3.63) is 35.4 Å². The molecule has 1 aliphatic rings. The molecule has 1 aromatic rings. The van der Waals surface area contributed by atoms with Gasteiger partial charge in [-0.1, -0.05) is 55.6 Å². The number of nitrogens with zero attached hydrogens (tertiary/aromatic N) is 1. The summed E-state index contributed by atoms with van der Waals surface area (Å²) in [5.74, 6) is 0.975. The Balaban J connectivity index is 1.90. The van der Waals surface area contributed by atoms with Crippen molar-refractivity contribution in [2.45, 2.75) is 51.6 Å². The lowest BCUT2D eigenvalue weighted by Crippen LogP contribution is -2.37. The van der Waals surface area contributed by atoms with Gasteiger partial charge in [0.2, 0.25) is 0 Å². The van der Waals surface area contributed by atoms with Crippen molar-refractivity contribution in [1.82, 2.24) is 5.32 Å². The van der Waals surface area contributed by atoms with Crippen molar-refractivity contribution < 1.29 is 5.21 Å². The van der Waals surface area contributed by atoms with E-state index in [9.17, 15) is 0 Å². The van der Waals surface area contributed by atoms with Crippen LogP contribution in [0.5, 0.6) is 0 Å². The van der Waals surface area contributed by atoms with E-state index in [0.717, 1.165) is 18.0 Å². The molecule has 4 N–H and O–H groups in total. The van der Waals surface area contributed by atoms with Crippen molar-refractivity contribution >= 4 is 5.84 Å². The first-order valence-electron chi connectivity index (χ1n) is 7.54. The van der Waals surface area contributed by atoms with Crippen LogP contribution in [0.25, 0.3) is 0 Å². The molecule has 2 unspecified atom stereocenters. The number of hydrogen-bond acceptors (Lipinski definition) is 3. The lowest BCUT2D eigenvalue weighted by atomic mass is 9.83. The average molecular weight is 275 g/mol. The normalized spacial score (nSPS) is 23.8. The van der Waals surface area contributed by atoms with Crippen LogP contribution in [0.1, 0.15) is 50.2 Å². The second kappa shape index (κ2) is 7.29. The largest absolute Gasteiger partial charge is 0.409 e. The number of oxime groups is 1. The van der Waals surface area contributed by atoms with Gasteiger partial charge in [-0.25, -0.2) is 0 Å². The highest BCUT2D eigenvalue weighted by atomic mass is 16.4. The minimum absolute atomic E-state index is 0.155. The molecule has 0 spiro atoms. The maximum absolute atomic E-state index is 8.64. The van der Waals surface area contributed by atoms with Crippen molar-refractivity contribution in [2.75, 3.05) is 0 Å². The van der Waals surface area contributed by atoms with E-state index in [1.165, 1.54) is 37.7 Å². The fraction of sp³-hybridized carbons (Fsp3) is 0.562. The van der Waals surface area contributed by atoms with Gasteiger partial charge in [0.1, 0.15) is 0 Å². The Morgan fingerprint density at radius 1 is 1.30 bits per heavy atom. The Morgan fingerprint density at radius 3 is 2.65 bits per heavy atom. The molecule has 2 atom stereocenters. The first kappa shape index (κ1) is 14.9. The van der Waals surface area contributed by atoms with Gasteiger partial charge in [0, 0.05) is 18.2 Å². The second-order valence-electron chi connectivity index (χ2n) is 5.62. The summed E-state index contributed by atoms with van der Waals surface area (Å²) >= 11 is 0. The van der Waals surface area contributed by atoms with Gasteiger partial charge < -0.3 is 16.3 Å². The first-order chi connectivity index (χ1) is 9.74. The minimum atomic E-state index is 0.155. The smallest absolute Gasteiger partial charge is 0.170 e. The van der Waals surface area contributed by atoms with Gasteiger partial charge in [-0.15, -0.1) is 0 Å². The summed E-state index contributed by atoms with van der Waals surface area (Å²) in [5.41, 5.74) is 7.54. The zero-order valence-corrected chi connectivity index (χ0v) is 12.2. The monoisotopic (exact) mass is 275 g/mol. The van der Waals surface area contributed by atoms with Crippen molar-refractivity contribution in [1.29, 1.82) is 0 Å². The molecule has 0 aliphatic heterocycles. The molecule has 20 heavy (non-hydrogen) atoms. The van der Waals surface area contributed by atoms with Crippen molar-refractivity contribution in [2.24, 2.45) is 16.8 Å². The van der Waals surface area contributed by atoms with Crippen LogP contribution in [-0.2, 0) is 6.54 Å². The standard InChI is InChI=1S/C16H25N3O/c1-2-13-5-3-4-6-15(13)18-11-12-7-9-14(10-8-12)16(17)19-20/h7-10,13,15,18,20H,2-6,11H2,1H3,(H2,17,19). The van der Waals surface area contributed by atoms with Crippen LogP contribution in [0.2, 0.25) is 0 Å². The number of nitrogens with one attached hydrogen (secondary N) is 1. The summed E-state index contributed by atoms with van der Waals surface area (Å²) in [5, 5.41) is 15.3. The van der Waals surface area contributed by atoms with Gasteiger partial charge in [0.25, 0.3) is 0 Å². The predicted molar refractivity (Wildman–Crippen MR) is 81.8 cm³/mol. The van der Waals surface area contributed by atoms with E-state index in [1.54, 1.807) is 0 Å². The zero-order valence-electron chi connectivity index (χ0n) is 12.2. The van der Waals surface area contributed by atoms with Gasteiger partial charge in [0.05, 0.1) is 0 Å². The molecule has 1 aromatic carbocycles. The number of amidine groups is 1. The van der Waals surface area contributed by atoms with Crippen LogP contribution in [0.15, 0.2) is 29.4 Å². The molecule has 0 aromatic heterocycles. The number of nitrogens with two attached hydrogens (primary N) is 1. The fourth-order valence-electron chi connectivity index (χ4n) is 3.07. The zero-order chi connectivity index (χ0) is 14.4. The molecule has 1 saturated carbocycles. The number of hydrogen-bond donors (Lipinski definition) is 3. The Kier molecular flexibility index (Phi) is 5.41. The highest BCUT2D eigenvalue weighted by molar-refractivity contribution is 5.96.